The highest BCUT2D eigenvalue weighted by Gasteiger charge is 2.39. The average molecular weight is 1020 g/mol. The first-order chi connectivity index (χ1) is 33.1. The van der Waals surface area contributed by atoms with Gasteiger partial charge in [-0.05, 0) is 108 Å². The smallest absolute Gasteiger partial charge is 0.417 e. The Kier molecular flexibility index (Phi) is 15.9. The summed E-state index contributed by atoms with van der Waals surface area (Å²) in [5.74, 6) is -6.92. The third-order valence-electron chi connectivity index (χ3n) is 11.4. The van der Waals surface area contributed by atoms with Crippen LogP contribution in [0.5, 0.6) is 23.0 Å². The minimum absolute atomic E-state index is 0.0158. The molecule has 0 saturated heterocycles. The zero-order valence-electron chi connectivity index (χ0n) is 37.2. The van der Waals surface area contributed by atoms with Gasteiger partial charge in [-0.3, -0.25) is 0 Å². The summed E-state index contributed by atoms with van der Waals surface area (Å²) in [6, 6.07) is 16.2. The summed E-state index contributed by atoms with van der Waals surface area (Å²) in [5.41, 5.74) is -4.15. The van der Waals surface area contributed by atoms with Crippen molar-refractivity contribution in [1.29, 1.82) is 0 Å². The van der Waals surface area contributed by atoms with Crippen LogP contribution in [0.2, 0.25) is 0 Å². The molecule has 1 aliphatic heterocycles. The molecule has 6 aromatic rings. The van der Waals surface area contributed by atoms with Gasteiger partial charge >= 0.3 is 24.7 Å². The van der Waals surface area contributed by atoms with E-state index in [1.807, 2.05) is 6.92 Å². The van der Waals surface area contributed by atoms with Gasteiger partial charge in [-0.25, -0.2) is 17.6 Å². The van der Waals surface area contributed by atoms with Crippen LogP contribution in [0.3, 0.4) is 0 Å². The highest BCUT2D eigenvalue weighted by molar-refractivity contribution is 5.87. The fourth-order valence-electron chi connectivity index (χ4n) is 8.21. The second-order valence-electron chi connectivity index (χ2n) is 16.5. The van der Waals surface area contributed by atoms with Crippen molar-refractivity contribution in [1.82, 2.24) is 0 Å². The molecule has 0 fully saturated rings. The molecule has 0 amide bonds. The first kappa shape index (κ1) is 53.7. The molecular weight excluding hydrogens is 977 g/mol. The normalized spacial score (nSPS) is 13.5. The number of halogens is 16. The Bertz CT molecular complexity index is 3040. The Hall–Kier alpha value is -6.66. The number of phenols is 2. The molecule has 3 nitrogen and oxygen atoms in total. The third kappa shape index (κ3) is 12.6. The van der Waals surface area contributed by atoms with Crippen LogP contribution in [0.1, 0.15) is 101 Å². The second kappa shape index (κ2) is 21.0. The lowest BCUT2D eigenvalue weighted by atomic mass is 9.80. The van der Waals surface area contributed by atoms with Crippen LogP contribution in [0, 0.1) is 23.3 Å². The predicted octanol–water partition coefficient (Wildman–Crippen LogP) is 15.0. The minimum atomic E-state index is -4.90. The number of rotatable bonds is 11. The number of hydrogen-bond acceptors (Lipinski definition) is 3. The van der Waals surface area contributed by atoms with Crippen molar-refractivity contribution < 1.29 is 85.2 Å². The van der Waals surface area contributed by atoms with Gasteiger partial charge < -0.3 is 14.9 Å². The molecule has 0 bridgehead atoms. The predicted molar refractivity (Wildman–Crippen MR) is 231 cm³/mol. The van der Waals surface area contributed by atoms with Crippen molar-refractivity contribution in [2.45, 2.75) is 89.4 Å². The van der Waals surface area contributed by atoms with Crippen LogP contribution in [0.25, 0.3) is 11.6 Å². The second-order valence-corrected chi connectivity index (χ2v) is 16.5. The van der Waals surface area contributed by atoms with Crippen molar-refractivity contribution in [3.8, 4) is 23.0 Å². The Balaban J connectivity index is 0.000000232. The number of ether oxygens (including phenoxy) is 1. The van der Waals surface area contributed by atoms with Gasteiger partial charge in [0.25, 0.3) is 0 Å². The summed E-state index contributed by atoms with van der Waals surface area (Å²) in [4.78, 5) is 0. The van der Waals surface area contributed by atoms with Gasteiger partial charge in [0.05, 0.1) is 17.5 Å². The maximum absolute atomic E-state index is 14.8. The summed E-state index contributed by atoms with van der Waals surface area (Å²) < 4.78 is 224. The van der Waals surface area contributed by atoms with Gasteiger partial charge in [-0.1, -0.05) is 69.2 Å². The van der Waals surface area contributed by atoms with E-state index in [0.717, 1.165) is 54.6 Å². The number of aromatic hydroxyl groups is 2. The highest BCUT2D eigenvalue weighted by atomic mass is 19.4. The molecule has 71 heavy (non-hydrogen) atoms. The molecule has 0 saturated carbocycles. The van der Waals surface area contributed by atoms with Gasteiger partial charge in [-0.15, -0.1) is 0 Å². The third-order valence-corrected chi connectivity index (χ3v) is 11.4. The molecule has 7 rings (SSSR count). The van der Waals surface area contributed by atoms with E-state index in [4.69, 9.17) is 4.74 Å². The monoisotopic (exact) mass is 1020 g/mol. The van der Waals surface area contributed by atoms with E-state index in [-0.39, 0.29) is 56.5 Å². The van der Waals surface area contributed by atoms with Crippen LogP contribution in [0.15, 0.2) is 97.1 Å². The van der Waals surface area contributed by atoms with Gasteiger partial charge in [0, 0.05) is 45.0 Å². The first-order valence-corrected chi connectivity index (χ1v) is 21.6. The van der Waals surface area contributed by atoms with Crippen LogP contribution in [0.4, 0.5) is 70.2 Å². The molecule has 2 N–H and O–H groups in total. The van der Waals surface area contributed by atoms with Gasteiger partial charge in [0.15, 0.2) is 0 Å². The molecule has 0 aromatic heterocycles. The molecular formula is C52H40F16O3. The van der Waals surface area contributed by atoms with Crippen LogP contribution >= 0.6 is 0 Å². The van der Waals surface area contributed by atoms with Gasteiger partial charge in [0.2, 0.25) is 0 Å². The van der Waals surface area contributed by atoms with Crippen molar-refractivity contribution in [3.05, 3.63) is 186 Å². The van der Waals surface area contributed by atoms with E-state index >= 15 is 0 Å². The van der Waals surface area contributed by atoms with E-state index in [2.05, 4.69) is 0 Å². The lowest BCUT2D eigenvalue weighted by Crippen LogP contribution is -2.24. The maximum Gasteiger partial charge on any atom is 0.417 e. The molecule has 0 aliphatic carbocycles. The summed E-state index contributed by atoms with van der Waals surface area (Å²) >= 11 is 0. The zero-order valence-corrected chi connectivity index (χ0v) is 37.2. The van der Waals surface area contributed by atoms with E-state index in [0.29, 0.717) is 37.5 Å². The minimum Gasteiger partial charge on any atom is -0.508 e. The molecule has 0 spiro atoms. The topological polar surface area (TPSA) is 49.7 Å². The quantitative estimate of drug-likeness (QED) is 0.100. The Morgan fingerprint density at radius 2 is 1.01 bits per heavy atom. The summed E-state index contributed by atoms with van der Waals surface area (Å²) in [7, 11) is 0. The van der Waals surface area contributed by atoms with Crippen LogP contribution in [-0.2, 0) is 31.6 Å². The Morgan fingerprint density at radius 3 is 1.55 bits per heavy atom. The average Bonchev–Trinajstić information content (AvgIpc) is 3.27. The molecule has 1 heterocycles. The van der Waals surface area contributed by atoms with E-state index in [9.17, 15) is 80.5 Å². The van der Waals surface area contributed by atoms with Crippen LogP contribution < -0.4 is 15.2 Å². The maximum atomic E-state index is 14.8. The molecule has 378 valence electrons. The van der Waals surface area contributed by atoms with E-state index in [1.165, 1.54) is 30.3 Å². The van der Waals surface area contributed by atoms with Gasteiger partial charge in [0.1, 0.15) is 46.3 Å². The Morgan fingerprint density at radius 1 is 0.507 bits per heavy atom. The molecule has 6 aromatic carbocycles. The summed E-state index contributed by atoms with van der Waals surface area (Å²) in [6.07, 6.45) is -20.1. The largest absolute Gasteiger partial charge is 0.508 e. The lowest BCUT2D eigenvalue weighted by Gasteiger charge is -2.25. The molecule has 19 heteroatoms. The summed E-state index contributed by atoms with van der Waals surface area (Å²) in [6.45, 7) is 3.58. The van der Waals surface area contributed by atoms with Crippen molar-refractivity contribution in [2.75, 3.05) is 0 Å². The number of hydrogen-bond donors (Lipinski definition) is 2. The number of benzene rings is 6. The van der Waals surface area contributed by atoms with Crippen molar-refractivity contribution in [3.63, 3.8) is 0 Å². The number of alkyl halides is 12. The number of phenolic OH excluding ortho intramolecular Hbond substituents is 2. The fourth-order valence-corrected chi connectivity index (χ4v) is 8.21. The molecule has 1 aliphatic rings. The Labute approximate surface area is 395 Å². The van der Waals surface area contributed by atoms with Crippen molar-refractivity contribution >= 4 is 11.6 Å². The number of aryl methyl sites for hydroxylation is 3. The fraction of sp³-hybridized carbons (Fsp3) is 0.269. The van der Waals surface area contributed by atoms with Gasteiger partial charge in [-0.2, -0.15) is 52.7 Å². The van der Waals surface area contributed by atoms with Crippen LogP contribution in [-0.4, -0.2) is 22.6 Å². The zero-order chi connectivity index (χ0) is 52.4. The van der Waals surface area contributed by atoms with Crippen molar-refractivity contribution in [2.24, 2.45) is 0 Å². The molecule has 0 radical (unpaired) electrons. The standard InChI is InChI=1S/C26H22F8O2.C26H18F8O/c1-2-5-14-10-22(35)17(12-20(14)27)24(16-6-3-4-7-19(16)26(32,33)34)18-13-21(28)15(11-23(18)36)8-9-25(29,30)31;1-2-5-14-10-22-17(12-20(14)27)24(16-6-3-4-7-19(16)26(32,33)34)18-13-21(28)15(11-23(18)35-22)8-9-25(29,30)31/h3-4,6-7,10-13,24,35-36H,2,5,8-9H2,1H3;3-4,6-8,10-13H,2,5,9H2,1H3/b;15-8-. The summed E-state index contributed by atoms with van der Waals surface area (Å²) in [5, 5.41) is 20.8. The molecule has 1 unspecified atom stereocenters. The SMILES string of the molecule is CCCc1cc(O)c(C(c2cc(F)c(CCC(F)(F)F)cc2O)c2ccccc2C(F)(F)F)cc1F.CCCc1cc2c(cc1F)C(c1ccccc1C(F)(F)F)=c1cc(F)/c(=C\CC(F)(F)F)cc1O2. The first-order valence-electron chi connectivity index (χ1n) is 21.6. The van der Waals surface area contributed by atoms with E-state index in [1.54, 1.807) is 6.92 Å². The number of fused-ring (bicyclic) bond motifs is 2. The lowest BCUT2D eigenvalue weighted by molar-refractivity contribution is -0.138. The molecule has 1 atom stereocenters. The highest BCUT2D eigenvalue weighted by Crippen LogP contribution is 2.47. The van der Waals surface area contributed by atoms with E-state index < -0.39 is 118 Å².